The van der Waals surface area contributed by atoms with Crippen LogP contribution < -0.4 is 10.6 Å². The fourth-order valence-corrected chi connectivity index (χ4v) is 3.17. The maximum absolute atomic E-state index is 12.9. The molecule has 0 saturated heterocycles. The van der Waals surface area contributed by atoms with Crippen molar-refractivity contribution in [3.05, 3.63) is 71.9 Å². The predicted molar refractivity (Wildman–Crippen MR) is 98.2 cm³/mol. The van der Waals surface area contributed by atoms with Crippen molar-refractivity contribution >= 4 is 11.7 Å². The zero-order valence-electron chi connectivity index (χ0n) is 14.2. The molecule has 4 rings (SSSR count). The van der Waals surface area contributed by atoms with Gasteiger partial charge in [-0.1, -0.05) is 24.3 Å². The molecule has 6 heteroatoms. The largest absolute Gasteiger partial charge is 0.334 e. The van der Waals surface area contributed by atoms with Gasteiger partial charge in [-0.15, -0.1) is 0 Å². The van der Waals surface area contributed by atoms with Crippen molar-refractivity contribution in [3.63, 3.8) is 0 Å². The van der Waals surface area contributed by atoms with Crippen molar-refractivity contribution in [2.24, 2.45) is 0 Å². The van der Waals surface area contributed by atoms with Gasteiger partial charge in [-0.2, -0.15) is 0 Å². The van der Waals surface area contributed by atoms with Gasteiger partial charge in [-0.3, -0.25) is 0 Å². The van der Waals surface area contributed by atoms with Crippen LogP contribution in [0.3, 0.4) is 0 Å². The third-order valence-electron chi connectivity index (χ3n) is 4.53. The summed E-state index contributed by atoms with van der Waals surface area (Å²) in [6, 6.07) is 13.5. The average Bonchev–Trinajstić information content (AvgIpc) is 3.26. The summed E-state index contributed by atoms with van der Waals surface area (Å²) in [6.45, 7) is 1.35. The smallest absolute Gasteiger partial charge is 0.319 e. The summed E-state index contributed by atoms with van der Waals surface area (Å²) in [5.41, 5.74) is 3.76. The number of fused-ring (bicyclic) bond motifs is 1. The van der Waals surface area contributed by atoms with Gasteiger partial charge in [0.05, 0.1) is 11.9 Å². The fourth-order valence-electron chi connectivity index (χ4n) is 3.17. The van der Waals surface area contributed by atoms with Crippen LogP contribution in [-0.4, -0.2) is 15.6 Å². The molecule has 5 nitrogen and oxygen atoms in total. The van der Waals surface area contributed by atoms with Crippen molar-refractivity contribution in [1.82, 2.24) is 14.9 Å². The van der Waals surface area contributed by atoms with Crippen LogP contribution >= 0.6 is 0 Å². The summed E-state index contributed by atoms with van der Waals surface area (Å²) >= 11 is 0. The molecule has 2 aromatic carbocycles. The van der Waals surface area contributed by atoms with Crippen LogP contribution in [0.2, 0.25) is 0 Å². The lowest BCUT2D eigenvalue weighted by molar-refractivity contribution is 0.251. The fraction of sp³-hybridized carbons (Fsp3) is 0.200. The van der Waals surface area contributed by atoms with E-state index in [0.717, 1.165) is 42.0 Å². The number of hydrogen-bond donors (Lipinski definition) is 2. The van der Waals surface area contributed by atoms with Gasteiger partial charge in [0.2, 0.25) is 0 Å². The molecule has 0 spiro atoms. The van der Waals surface area contributed by atoms with Gasteiger partial charge in [-0.05, 0) is 41.8 Å². The third kappa shape index (κ3) is 3.44. The molecule has 0 bridgehead atoms. The van der Waals surface area contributed by atoms with Gasteiger partial charge in [0.1, 0.15) is 11.6 Å². The van der Waals surface area contributed by atoms with Crippen LogP contribution in [0.4, 0.5) is 14.9 Å². The lowest BCUT2D eigenvalue weighted by atomic mass is 10.1. The highest BCUT2D eigenvalue weighted by molar-refractivity contribution is 5.89. The summed E-state index contributed by atoms with van der Waals surface area (Å²) in [5.74, 6) is 0.851. The number of aromatic nitrogens is 2. The molecule has 0 atom stereocenters. The monoisotopic (exact) mass is 350 g/mol. The first-order valence-electron chi connectivity index (χ1n) is 8.63. The first-order chi connectivity index (χ1) is 12.7. The number of carbonyl (C=O) groups excluding carboxylic acids is 1. The Balaban J connectivity index is 1.36. The molecule has 132 valence electrons. The second-order valence-corrected chi connectivity index (χ2v) is 6.33. The zero-order chi connectivity index (χ0) is 17.9. The molecule has 2 amide bonds. The number of amides is 2. The molecule has 1 aliphatic heterocycles. The van der Waals surface area contributed by atoms with Crippen LogP contribution in [-0.2, 0) is 19.5 Å². The molecule has 0 fully saturated rings. The van der Waals surface area contributed by atoms with Crippen molar-refractivity contribution in [2.75, 3.05) is 5.32 Å². The zero-order valence-corrected chi connectivity index (χ0v) is 14.2. The highest BCUT2D eigenvalue weighted by atomic mass is 19.1. The Hall–Kier alpha value is -3.15. The minimum absolute atomic E-state index is 0.290. The van der Waals surface area contributed by atoms with E-state index < -0.39 is 0 Å². The van der Waals surface area contributed by atoms with E-state index in [2.05, 4.69) is 20.2 Å². The molecule has 0 radical (unpaired) electrons. The highest BCUT2D eigenvalue weighted by Crippen LogP contribution is 2.26. The molecule has 0 aliphatic carbocycles. The number of carbonyl (C=O) groups is 1. The van der Waals surface area contributed by atoms with Crippen LogP contribution in [0, 0.1) is 5.82 Å². The molecule has 0 unspecified atom stereocenters. The first-order valence-corrected chi connectivity index (χ1v) is 8.63. The molecule has 3 aromatic rings. The molecule has 26 heavy (non-hydrogen) atoms. The second kappa shape index (κ2) is 7.00. The number of halogens is 1. The van der Waals surface area contributed by atoms with E-state index in [-0.39, 0.29) is 11.8 Å². The number of nitrogens with one attached hydrogen (secondary N) is 2. The molecule has 0 saturated carbocycles. The van der Waals surface area contributed by atoms with Crippen molar-refractivity contribution < 1.29 is 9.18 Å². The number of nitrogens with zero attached hydrogens (tertiary/aromatic N) is 2. The summed E-state index contributed by atoms with van der Waals surface area (Å²) in [5, 5.41) is 5.56. The van der Waals surface area contributed by atoms with Gasteiger partial charge in [0.25, 0.3) is 0 Å². The van der Waals surface area contributed by atoms with E-state index in [1.54, 1.807) is 12.1 Å². The average molecular weight is 350 g/mol. The van der Waals surface area contributed by atoms with Gasteiger partial charge in [-0.25, -0.2) is 14.2 Å². The van der Waals surface area contributed by atoms with Crippen molar-refractivity contribution in [3.8, 4) is 11.3 Å². The van der Waals surface area contributed by atoms with Crippen LogP contribution in [0.5, 0.6) is 0 Å². The minimum Gasteiger partial charge on any atom is -0.334 e. The van der Waals surface area contributed by atoms with E-state index >= 15 is 0 Å². The lowest BCUT2D eigenvalue weighted by Crippen LogP contribution is -2.28. The van der Waals surface area contributed by atoms with Gasteiger partial charge in [0.15, 0.2) is 0 Å². The normalized spacial score (nSPS) is 12.7. The summed E-state index contributed by atoms with van der Waals surface area (Å²) in [6.07, 6.45) is 4.09. The Morgan fingerprint density at radius 1 is 1.12 bits per heavy atom. The Morgan fingerprint density at radius 2 is 1.88 bits per heavy atom. The lowest BCUT2D eigenvalue weighted by Gasteiger charge is -2.09. The maximum atomic E-state index is 12.9. The number of anilines is 1. The quantitative estimate of drug-likeness (QED) is 0.748. The van der Waals surface area contributed by atoms with E-state index in [9.17, 15) is 9.18 Å². The van der Waals surface area contributed by atoms with Crippen LogP contribution in [0.15, 0.2) is 54.7 Å². The molecular formula is C20H19FN4O. The Bertz CT molecular complexity index is 916. The SMILES string of the molecule is O=C(NCc1ccc(F)cc1)Nc1ccc(-c2cnc3n2CCC3)cc1. The van der Waals surface area contributed by atoms with E-state index in [4.69, 9.17) is 0 Å². The van der Waals surface area contributed by atoms with Crippen molar-refractivity contribution in [2.45, 2.75) is 25.9 Å². The third-order valence-corrected chi connectivity index (χ3v) is 4.53. The molecule has 2 heterocycles. The highest BCUT2D eigenvalue weighted by Gasteiger charge is 2.16. The van der Waals surface area contributed by atoms with Gasteiger partial charge >= 0.3 is 6.03 Å². The summed E-state index contributed by atoms with van der Waals surface area (Å²) in [7, 11) is 0. The predicted octanol–water partition coefficient (Wildman–Crippen LogP) is 3.96. The number of imidazole rings is 1. The molecule has 1 aromatic heterocycles. The van der Waals surface area contributed by atoms with Crippen LogP contribution in [0.25, 0.3) is 11.3 Å². The Morgan fingerprint density at radius 3 is 2.65 bits per heavy atom. The standard InChI is InChI=1S/C20H19FN4O/c21-16-7-3-14(4-8-16)12-23-20(26)24-17-9-5-15(6-10-17)18-13-22-19-2-1-11-25(18)19/h3-10,13H,1-2,11-12H2,(H2,23,24,26). The Kier molecular flexibility index (Phi) is 4.39. The Labute approximate surface area is 150 Å². The van der Waals surface area contributed by atoms with E-state index in [1.165, 1.54) is 12.1 Å². The van der Waals surface area contributed by atoms with Gasteiger partial charge in [0, 0.05) is 25.2 Å². The summed E-state index contributed by atoms with van der Waals surface area (Å²) < 4.78 is 15.1. The number of benzene rings is 2. The molecular weight excluding hydrogens is 331 g/mol. The number of hydrogen-bond acceptors (Lipinski definition) is 2. The topological polar surface area (TPSA) is 59.0 Å². The number of aryl methyl sites for hydroxylation is 1. The number of urea groups is 1. The first kappa shape index (κ1) is 16.3. The van der Waals surface area contributed by atoms with E-state index in [0.29, 0.717) is 12.2 Å². The minimum atomic E-state index is -0.299. The second-order valence-electron chi connectivity index (χ2n) is 6.33. The van der Waals surface area contributed by atoms with Gasteiger partial charge < -0.3 is 15.2 Å². The van der Waals surface area contributed by atoms with E-state index in [1.807, 2.05) is 30.5 Å². The summed E-state index contributed by atoms with van der Waals surface area (Å²) in [4.78, 5) is 16.5. The van der Waals surface area contributed by atoms with Crippen molar-refractivity contribution in [1.29, 1.82) is 0 Å². The van der Waals surface area contributed by atoms with Crippen LogP contribution in [0.1, 0.15) is 17.8 Å². The maximum Gasteiger partial charge on any atom is 0.319 e. The molecule has 1 aliphatic rings. The molecule has 2 N–H and O–H groups in total. The number of rotatable bonds is 4.